The molecule has 3 heterocycles. The fourth-order valence-corrected chi connectivity index (χ4v) is 2.61. The van der Waals surface area contributed by atoms with Crippen molar-refractivity contribution in [2.45, 2.75) is 25.0 Å². The van der Waals surface area contributed by atoms with Crippen LogP contribution in [0.3, 0.4) is 0 Å². The molecule has 0 aromatic carbocycles. The first-order chi connectivity index (χ1) is 10.7. The van der Waals surface area contributed by atoms with E-state index < -0.39 is 38.1 Å². The molecule has 130 valence electrons. The van der Waals surface area contributed by atoms with Crippen molar-refractivity contribution < 1.29 is 28.9 Å². The molecule has 1 fully saturated rings. The Kier molecular flexibility index (Phi) is 8.28. The Balaban J connectivity index is 0.00000156. The summed E-state index contributed by atoms with van der Waals surface area (Å²) in [6.07, 6.45) is -2.61. The Bertz CT molecular complexity index is 839. The average Bonchev–Trinajstić information content (AvgIpc) is 2.99. The van der Waals surface area contributed by atoms with Crippen molar-refractivity contribution in [1.82, 2.24) is 19.5 Å². The van der Waals surface area contributed by atoms with Crippen LogP contribution in [0.4, 0.5) is 5.95 Å². The van der Waals surface area contributed by atoms with Crippen LogP contribution in [0.1, 0.15) is 12.6 Å². The third-order valence-corrected chi connectivity index (χ3v) is 3.70. The summed E-state index contributed by atoms with van der Waals surface area (Å²) >= 11 is 0. The van der Waals surface area contributed by atoms with Crippen LogP contribution in [0.2, 0.25) is 0 Å². The number of hydrogen-bond donors (Lipinski definition) is 5. The molecule has 25 heavy (non-hydrogen) atoms. The Labute approximate surface area is 184 Å². The molecule has 0 amide bonds. The molecule has 1 aliphatic rings. The van der Waals surface area contributed by atoms with E-state index in [9.17, 15) is 14.5 Å². The van der Waals surface area contributed by atoms with Crippen molar-refractivity contribution >= 4 is 83.8 Å². The van der Waals surface area contributed by atoms with Crippen molar-refractivity contribution in [3.63, 3.8) is 0 Å². The molecule has 6 N–H and O–H groups in total. The van der Waals surface area contributed by atoms with Gasteiger partial charge in [-0.3, -0.25) is 18.9 Å². The first-order valence-corrected chi connectivity index (χ1v) is 8.26. The SMILES string of the molecule is Nc1nc2c(ncn2[C@H]2C[C@H](O)[C@@H](OCP(=O)(O)O)O2)c(=O)[nH]1.[NaH].[NaH]. The summed E-state index contributed by atoms with van der Waals surface area (Å²) in [7, 11) is -4.38. The molecule has 0 saturated carbocycles. The van der Waals surface area contributed by atoms with Crippen LogP contribution in [0, 0.1) is 0 Å². The van der Waals surface area contributed by atoms with E-state index in [1.165, 1.54) is 10.9 Å². The fraction of sp³-hybridized carbons (Fsp3) is 0.500. The topological polar surface area (TPSA) is 186 Å². The average molecular weight is 395 g/mol. The third-order valence-electron chi connectivity index (χ3n) is 3.22. The first-order valence-electron chi connectivity index (χ1n) is 6.46. The molecule has 3 atom stereocenters. The fourth-order valence-electron chi connectivity index (χ4n) is 2.27. The summed E-state index contributed by atoms with van der Waals surface area (Å²) in [4.78, 5) is 39.5. The third kappa shape index (κ3) is 5.34. The van der Waals surface area contributed by atoms with E-state index in [2.05, 4.69) is 15.0 Å². The van der Waals surface area contributed by atoms with Crippen molar-refractivity contribution in [1.29, 1.82) is 0 Å². The van der Waals surface area contributed by atoms with Crippen LogP contribution in [0.15, 0.2) is 11.1 Å². The van der Waals surface area contributed by atoms with Crippen LogP contribution in [-0.4, -0.2) is 112 Å². The van der Waals surface area contributed by atoms with E-state index in [0.717, 1.165) is 0 Å². The zero-order chi connectivity index (χ0) is 16.8. The van der Waals surface area contributed by atoms with Gasteiger partial charge in [-0.25, -0.2) is 4.98 Å². The monoisotopic (exact) mass is 395 g/mol. The Morgan fingerprint density at radius 3 is 2.80 bits per heavy atom. The van der Waals surface area contributed by atoms with E-state index in [1.54, 1.807) is 0 Å². The van der Waals surface area contributed by atoms with Crippen molar-refractivity contribution in [2.75, 3.05) is 12.1 Å². The molecule has 1 aliphatic heterocycles. The van der Waals surface area contributed by atoms with Gasteiger partial charge in [0.2, 0.25) is 5.95 Å². The number of nitrogens with one attached hydrogen (secondary N) is 1. The number of aliphatic hydroxyl groups is 1. The molecule has 2 aromatic rings. The number of aliphatic hydroxyl groups excluding tert-OH is 1. The van der Waals surface area contributed by atoms with Gasteiger partial charge in [0.25, 0.3) is 5.56 Å². The van der Waals surface area contributed by atoms with E-state index in [0.29, 0.717) is 0 Å². The van der Waals surface area contributed by atoms with E-state index in [1.807, 2.05) is 0 Å². The number of hydrogen-bond acceptors (Lipinski definition) is 8. The molecule has 15 heteroatoms. The molecule has 0 unspecified atom stereocenters. The summed E-state index contributed by atoms with van der Waals surface area (Å²) in [5, 5.41) is 9.89. The van der Waals surface area contributed by atoms with Crippen molar-refractivity contribution in [2.24, 2.45) is 0 Å². The second-order valence-corrected chi connectivity index (χ2v) is 6.59. The van der Waals surface area contributed by atoms with Gasteiger partial charge in [0, 0.05) is 6.42 Å². The quantitative estimate of drug-likeness (QED) is 0.267. The molecule has 3 rings (SSSR count). The minimum atomic E-state index is -4.38. The second-order valence-electron chi connectivity index (χ2n) is 5.00. The molecule has 0 aliphatic carbocycles. The van der Waals surface area contributed by atoms with Gasteiger partial charge in [0.05, 0.1) is 6.33 Å². The van der Waals surface area contributed by atoms with Crippen LogP contribution >= 0.6 is 7.60 Å². The van der Waals surface area contributed by atoms with Gasteiger partial charge in [-0.05, 0) is 0 Å². The standard InChI is InChI=1S/C10H14N5O7P.2Na.2H/c11-10-13-7-6(8(17)14-10)12-2-15(7)5-1-4(16)9(22-5)21-3-23(18,19)20;;;;/h2,4-5,9,16H,1,3H2,(H2,18,19,20)(H3,11,13,14,17);;;;/t4-,5+,9-;;;;/m0..../s1. The van der Waals surface area contributed by atoms with Crippen LogP contribution < -0.4 is 11.3 Å². The van der Waals surface area contributed by atoms with E-state index in [-0.39, 0.29) is 82.6 Å². The number of H-pyrrole nitrogens is 1. The molecular formula is C10H16N5Na2O7P. The summed E-state index contributed by atoms with van der Waals surface area (Å²) < 4.78 is 22.5. The van der Waals surface area contributed by atoms with Gasteiger partial charge in [0.15, 0.2) is 23.8 Å². The number of fused-ring (bicyclic) bond motifs is 1. The van der Waals surface area contributed by atoms with E-state index >= 15 is 0 Å². The molecule has 0 radical (unpaired) electrons. The normalized spacial score (nSPS) is 23.2. The summed E-state index contributed by atoms with van der Waals surface area (Å²) in [5.41, 5.74) is 5.20. The first kappa shape index (κ1) is 23.2. The Morgan fingerprint density at radius 2 is 2.16 bits per heavy atom. The van der Waals surface area contributed by atoms with Gasteiger partial charge in [0.1, 0.15) is 12.3 Å². The van der Waals surface area contributed by atoms with Crippen LogP contribution in [0.25, 0.3) is 11.2 Å². The number of imidazole rings is 1. The minimum absolute atomic E-state index is 0. The maximum atomic E-state index is 11.7. The number of nitrogens with two attached hydrogens (primary N) is 1. The predicted octanol–water partition coefficient (Wildman–Crippen LogP) is -2.84. The zero-order valence-electron chi connectivity index (χ0n) is 11.6. The van der Waals surface area contributed by atoms with Crippen LogP contribution in [0.5, 0.6) is 0 Å². The number of nitrogen functional groups attached to an aromatic ring is 1. The molecule has 0 bridgehead atoms. The van der Waals surface area contributed by atoms with Gasteiger partial charge in [-0.2, -0.15) is 4.98 Å². The van der Waals surface area contributed by atoms with Gasteiger partial charge >= 0.3 is 66.7 Å². The molecular weight excluding hydrogens is 379 g/mol. The van der Waals surface area contributed by atoms with Gasteiger partial charge in [-0.15, -0.1) is 0 Å². The summed E-state index contributed by atoms with van der Waals surface area (Å²) in [6, 6.07) is 0. The predicted molar refractivity (Wildman–Crippen MR) is 89.4 cm³/mol. The number of ether oxygens (including phenoxy) is 2. The number of nitrogens with zero attached hydrogens (tertiary/aromatic N) is 3. The number of rotatable bonds is 4. The second kappa shape index (κ2) is 8.91. The summed E-state index contributed by atoms with van der Waals surface area (Å²) in [6.45, 7) is 0. The number of aromatic amines is 1. The number of anilines is 1. The van der Waals surface area contributed by atoms with Crippen molar-refractivity contribution in [3.8, 4) is 0 Å². The van der Waals surface area contributed by atoms with Crippen LogP contribution in [-0.2, 0) is 14.0 Å². The molecule has 1 saturated heterocycles. The van der Waals surface area contributed by atoms with Crippen molar-refractivity contribution in [3.05, 3.63) is 16.7 Å². The molecule has 2 aromatic heterocycles. The van der Waals surface area contributed by atoms with Gasteiger partial charge < -0.3 is 30.1 Å². The maximum absolute atomic E-state index is 11.7. The zero-order valence-corrected chi connectivity index (χ0v) is 12.5. The number of aromatic nitrogens is 4. The van der Waals surface area contributed by atoms with E-state index in [4.69, 9.17) is 25.0 Å². The Morgan fingerprint density at radius 1 is 1.48 bits per heavy atom. The summed E-state index contributed by atoms with van der Waals surface area (Å²) in [5.74, 6) is -0.0999. The van der Waals surface area contributed by atoms with Gasteiger partial charge in [-0.1, -0.05) is 0 Å². The Hall–Kier alpha value is 0.180. The molecule has 0 spiro atoms. The molecule has 12 nitrogen and oxygen atoms in total.